The molecule has 1 aromatic carbocycles. The van der Waals surface area contributed by atoms with Gasteiger partial charge in [-0.05, 0) is 13.0 Å². The highest BCUT2D eigenvalue weighted by Gasteiger charge is 2.22. The van der Waals surface area contributed by atoms with Crippen molar-refractivity contribution in [2.75, 3.05) is 13.2 Å². The highest BCUT2D eigenvalue weighted by atomic mass is 32.1. The van der Waals surface area contributed by atoms with Crippen molar-refractivity contribution >= 4 is 17.4 Å². The highest BCUT2D eigenvalue weighted by molar-refractivity contribution is 7.09. The van der Waals surface area contributed by atoms with Gasteiger partial charge < -0.3 is 15.4 Å². The van der Waals surface area contributed by atoms with Gasteiger partial charge in [0.1, 0.15) is 5.75 Å². The van der Waals surface area contributed by atoms with E-state index in [9.17, 15) is 4.79 Å². The van der Waals surface area contributed by atoms with Crippen LogP contribution in [0.5, 0.6) is 5.75 Å². The number of aryl methyl sites for hydroxylation is 1. The molecule has 0 spiro atoms. The predicted molar refractivity (Wildman–Crippen MR) is 86.4 cm³/mol. The molecule has 0 saturated carbocycles. The molecule has 0 aliphatic carbocycles. The first-order valence-corrected chi connectivity index (χ1v) is 8.27. The van der Waals surface area contributed by atoms with E-state index < -0.39 is 0 Å². The van der Waals surface area contributed by atoms with Crippen molar-refractivity contribution in [3.8, 4) is 5.75 Å². The maximum absolute atomic E-state index is 12.0. The van der Waals surface area contributed by atoms with Crippen LogP contribution < -0.4 is 15.4 Å². The van der Waals surface area contributed by atoms with Crippen LogP contribution in [-0.4, -0.2) is 24.2 Å². The molecule has 0 saturated heterocycles. The molecule has 1 aliphatic rings. The van der Waals surface area contributed by atoms with E-state index in [4.69, 9.17) is 4.74 Å². The smallest absolute Gasteiger partial charge is 0.315 e. The topological polar surface area (TPSA) is 63.2 Å². The summed E-state index contributed by atoms with van der Waals surface area (Å²) >= 11 is 1.63. The molecule has 1 aromatic heterocycles. The zero-order chi connectivity index (χ0) is 15.4. The number of carbonyl (C=O) groups excluding carboxylic acids is 1. The molecule has 22 heavy (non-hydrogen) atoms. The second-order valence-electron chi connectivity index (χ2n) is 5.24. The van der Waals surface area contributed by atoms with Crippen molar-refractivity contribution in [2.45, 2.75) is 25.8 Å². The van der Waals surface area contributed by atoms with Gasteiger partial charge in [0.05, 0.1) is 23.4 Å². The highest BCUT2D eigenvalue weighted by Crippen LogP contribution is 2.31. The fourth-order valence-corrected chi connectivity index (χ4v) is 3.18. The Morgan fingerprint density at radius 1 is 1.45 bits per heavy atom. The quantitative estimate of drug-likeness (QED) is 0.911. The summed E-state index contributed by atoms with van der Waals surface area (Å²) in [5.41, 5.74) is 2.07. The number of aromatic nitrogens is 1. The van der Waals surface area contributed by atoms with Crippen molar-refractivity contribution in [1.82, 2.24) is 15.6 Å². The third-order valence-electron chi connectivity index (χ3n) is 3.60. The number of urea groups is 1. The van der Waals surface area contributed by atoms with Gasteiger partial charge in [-0.2, -0.15) is 0 Å². The first kappa shape index (κ1) is 14.8. The molecule has 116 valence electrons. The van der Waals surface area contributed by atoms with Crippen LogP contribution in [0.1, 0.15) is 28.7 Å². The largest absolute Gasteiger partial charge is 0.493 e. The maximum Gasteiger partial charge on any atom is 0.315 e. The standard InChI is InChI=1S/C16H19N3O2S/c1-11-18-12(10-22-11)6-8-17-16(20)19-14-7-9-21-15-5-3-2-4-13(14)15/h2-5,10,14H,6-9H2,1H3,(H2,17,19,20). The molecule has 0 fully saturated rings. The van der Waals surface area contributed by atoms with Crippen LogP contribution >= 0.6 is 11.3 Å². The van der Waals surface area contributed by atoms with Gasteiger partial charge in [0.25, 0.3) is 0 Å². The molecule has 2 amide bonds. The van der Waals surface area contributed by atoms with Crippen LogP contribution in [0.25, 0.3) is 0 Å². The summed E-state index contributed by atoms with van der Waals surface area (Å²) in [4.78, 5) is 16.4. The predicted octanol–water partition coefficient (Wildman–Crippen LogP) is 2.82. The Morgan fingerprint density at radius 3 is 3.14 bits per heavy atom. The van der Waals surface area contributed by atoms with Crippen LogP contribution in [0.3, 0.4) is 0 Å². The fraction of sp³-hybridized carbons (Fsp3) is 0.375. The minimum absolute atomic E-state index is 0.00599. The zero-order valence-corrected chi connectivity index (χ0v) is 13.3. The van der Waals surface area contributed by atoms with Crippen LogP contribution in [0.2, 0.25) is 0 Å². The summed E-state index contributed by atoms with van der Waals surface area (Å²) in [6.45, 7) is 3.19. The first-order valence-electron chi connectivity index (χ1n) is 7.39. The van der Waals surface area contributed by atoms with E-state index in [2.05, 4.69) is 15.6 Å². The Labute approximate surface area is 133 Å². The number of nitrogens with one attached hydrogen (secondary N) is 2. The molecule has 2 N–H and O–H groups in total. The lowest BCUT2D eigenvalue weighted by atomic mass is 10.0. The van der Waals surface area contributed by atoms with Crippen LogP contribution in [0.4, 0.5) is 4.79 Å². The van der Waals surface area contributed by atoms with Gasteiger partial charge in [0.15, 0.2) is 0 Å². The lowest BCUT2D eigenvalue weighted by Crippen LogP contribution is -2.40. The van der Waals surface area contributed by atoms with Crippen molar-refractivity contribution < 1.29 is 9.53 Å². The van der Waals surface area contributed by atoms with Gasteiger partial charge in [0.2, 0.25) is 0 Å². The van der Waals surface area contributed by atoms with Gasteiger partial charge in [-0.15, -0.1) is 11.3 Å². The Kier molecular flexibility index (Phi) is 4.58. The van der Waals surface area contributed by atoms with E-state index in [0.717, 1.165) is 34.9 Å². The Morgan fingerprint density at radius 2 is 2.32 bits per heavy atom. The zero-order valence-electron chi connectivity index (χ0n) is 12.5. The van der Waals surface area contributed by atoms with Crippen molar-refractivity contribution in [3.05, 3.63) is 45.9 Å². The third kappa shape index (κ3) is 3.57. The van der Waals surface area contributed by atoms with E-state index >= 15 is 0 Å². The lowest BCUT2D eigenvalue weighted by molar-refractivity contribution is 0.223. The van der Waals surface area contributed by atoms with E-state index in [1.54, 1.807) is 11.3 Å². The number of ether oxygens (including phenoxy) is 1. The van der Waals surface area contributed by atoms with E-state index in [0.29, 0.717) is 13.2 Å². The van der Waals surface area contributed by atoms with Crippen LogP contribution in [0, 0.1) is 6.92 Å². The van der Waals surface area contributed by atoms with Crippen LogP contribution in [-0.2, 0) is 6.42 Å². The molecule has 3 rings (SSSR count). The minimum atomic E-state index is -0.145. The first-order chi connectivity index (χ1) is 10.7. The van der Waals surface area contributed by atoms with Gasteiger partial charge in [-0.1, -0.05) is 18.2 Å². The summed E-state index contributed by atoms with van der Waals surface area (Å²) in [7, 11) is 0. The average molecular weight is 317 g/mol. The Bertz CT molecular complexity index is 656. The van der Waals surface area contributed by atoms with Crippen molar-refractivity contribution in [2.24, 2.45) is 0 Å². The van der Waals surface area contributed by atoms with E-state index in [1.807, 2.05) is 36.6 Å². The summed E-state index contributed by atoms with van der Waals surface area (Å²) in [5, 5.41) is 9.00. The van der Waals surface area contributed by atoms with Gasteiger partial charge >= 0.3 is 6.03 Å². The lowest BCUT2D eigenvalue weighted by Gasteiger charge is -2.26. The number of amides is 2. The number of hydrogen-bond donors (Lipinski definition) is 2. The normalized spacial score (nSPS) is 16.5. The summed E-state index contributed by atoms with van der Waals surface area (Å²) in [6, 6.07) is 7.70. The summed E-state index contributed by atoms with van der Waals surface area (Å²) < 4.78 is 5.60. The van der Waals surface area contributed by atoms with Gasteiger partial charge in [-0.25, -0.2) is 9.78 Å². The SMILES string of the molecule is Cc1nc(CCNC(=O)NC2CCOc3ccccc32)cs1. The molecule has 0 bridgehead atoms. The number of hydrogen-bond acceptors (Lipinski definition) is 4. The second kappa shape index (κ2) is 6.79. The minimum Gasteiger partial charge on any atom is -0.493 e. The number of thiazole rings is 1. The molecule has 6 heteroatoms. The number of carbonyl (C=O) groups is 1. The summed E-state index contributed by atoms with van der Waals surface area (Å²) in [5.74, 6) is 0.858. The maximum atomic E-state index is 12.0. The van der Waals surface area contributed by atoms with Crippen molar-refractivity contribution in [1.29, 1.82) is 0 Å². The molecular weight excluding hydrogens is 298 g/mol. The Balaban J connectivity index is 1.50. The third-order valence-corrected chi connectivity index (χ3v) is 4.42. The molecule has 1 atom stereocenters. The molecule has 2 heterocycles. The second-order valence-corrected chi connectivity index (χ2v) is 6.30. The van der Waals surface area contributed by atoms with Crippen molar-refractivity contribution in [3.63, 3.8) is 0 Å². The monoisotopic (exact) mass is 317 g/mol. The summed E-state index contributed by atoms with van der Waals surface area (Å²) in [6.07, 6.45) is 1.54. The number of benzene rings is 1. The molecule has 2 aromatic rings. The molecule has 1 unspecified atom stereocenters. The van der Waals surface area contributed by atoms with E-state index in [-0.39, 0.29) is 12.1 Å². The average Bonchev–Trinajstić information content (AvgIpc) is 2.93. The number of nitrogens with zero attached hydrogens (tertiary/aromatic N) is 1. The fourth-order valence-electron chi connectivity index (χ4n) is 2.53. The van der Waals surface area contributed by atoms with E-state index in [1.165, 1.54) is 0 Å². The molecular formula is C16H19N3O2S. The Hall–Kier alpha value is -2.08. The van der Waals surface area contributed by atoms with Gasteiger partial charge in [-0.3, -0.25) is 0 Å². The number of fused-ring (bicyclic) bond motifs is 1. The molecule has 0 radical (unpaired) electrons. The van der Waals surface area contributed by atoms with Gasteiger partial charge in [0, 0.05) is 30.3 Å². The number of para-hydroxylation sites is 1. The van der Waals surface area contributed by atoms with Crippen LogP contribution in [0.15, 0.2) is 29.6 Å². The number of rotatable bonds is 4. The molecule has 1 aliphatic heterocycles. The molecule has 5 nitrogen and oxygen atoms in total.